The Kier molecular flexibility index (Phi) is 10.3. The molecule has 2 aromatic rings. The van der Waals surface area contributed by atoms with Crippen LogP contribution in [0.1, 0.15) is 65.7 Å². The van der Waals surface area contributed by atoms with E-state index in [1.807, 2.05) is 19.1 Å². The molecule has 288 valence electrons. The van der Waals surface area contributed by atoms with Crippen LogP contribution < -0.4 is 29.6 Å². The second-order valence-electron chi connectivity index (χ2n) is 15.1. The molecule has 3 heterocycles. The SMILES string of the molecule is COc1cc2c(OC)cnc(O[C@@H]3C[C@H]4C(=O)N[C@]5(C(=O)NS(=O)(=O)C6(C)CC6)C[C@H]5C=CCC[C@@H](C)C[C@@H](C)[C@H](NC(=O)O)C(=O)N4C3)c2cc1F. The van der Waals surface area contributed by atoms with Gasteiger partial charge in [0.1, 0.15) is 29.5 Å². The van der Waals surface area contributed by atoms with E-state index in [9.17, 15) is 37.1 Å². The van der Waals surface area contributed by atoms with Gasteiger partial charge in [-0.05, 0) is 69.4 Å². The molecule has 4 amide bonds. The summed E-state index contributed by atoms with van der Waals surface area (Å²) in [5.74, 6) is -3.55. The summed E-state index contributed by atoms with van der Waals surface area (Å²) in [7, 11) is -1.28. The molecule has 0 bridgehead atoms. The molecular formula is C36H46FN5O10S. The summed E-state index contributed by atoms with van der Waals surface area (Å²) < 4.78 is 59.1. The van der Waals surface area contributed by atoms with Crippen LogP contribution in [-0.2, 0) is 24.4 Å². The molecule has 3 fully saturated rings. The van der Waals surface area contributed by atoms with Crippen molar-refractivity contribution in [2.75, 3.05) is 20.8 Å². The predicted molar refractivity (Wildman–Crippen MR) is 189 cm³/mol. The number of rotatable bonds is 8. The van der Waals surface area contributed by atoms with Gasteiger partial charge in [0.15, 0.2) is 11.6 Å². The highest BCUT2D eigenvalue weighted by atomic mass is 32.2. The summed E-state index contributed by atoms with van der Waals surface area (Å²) in [6.45, 7) is 5.14. The highest BCUT2D eigenvalue weighted by molar-refractivity contribution is 7.91. The molecule has 4 N–H and O–H groups in total. The van der Waals surface area contributed by atoms with Crippen LogP contribution in [0.25, 0.3) is 10.8 Å². The second-order valence-corrected chi connectivity index (χ2v) is 17.2. The Morgan fingerprint density at radius 3 is 2.47 bits per heavy atom. The highest BCUT2D eigenvalue weighted by Gasteiger charge is 2.63. The van der Waals surface area contributed by atoms with Gasteiger partial charge < -0.3 is 34.9 Å². The minimum absolute atomic E-state index is 0.00706. The molecule has 1 saturated heterocycles. The number of sulfonamides is 1. The maximum atomic E-state index is 14.9. The quantitative estimate of drug-likeness (QED) is 0.288. The molecular weight excluding hydrogens is 713 g/mol. The number of methoxy groups -OCH3 is 2. The molecule has 53 heavy (non-hydrogen) atoms. The molecule has 1 aromatic carbocycles. The van der Waals surface area contributed by atoms with Gasteiger partial charge in [0.25, 0.3) is 5.91 Å². The number of pyridine rings is 1. The van der Waals surface area contributed by atoms with Gasteiger partial charge in [-0.2, -0.15) is 0 Å². The molecule has 15 nitrogen and oxygen atoms in total. The van der Waals surface area contributed by atoms with Crippen molar-refractivity contribution in [3.63, 3.8) is 0 Å². The number of nitrogens with one attached hydrogen (secondary N) is 3. The highest BCUT2D eigenvalue weighted by Crippen LogP contribution is 2.48. The van der Waals surface area contributed by atoms with Crippen LogP contribution in [0.4, 0.5) is 9.18 Å². The van der Waals surface area contributed by atoms with Gasteiger partial charge in [-0.3, -0.25) is 19.1 Å². The minimum Gasteiger partial charge on any atom is -0.494 e. The zero-order valence-corrected chi connectivity index (χ0v) is 31.1. The lowest BCUT2D eigenvalue weighted by molar-refractivity contribution is -0.142. The van der Waals surface area contributed by atoms with E-state index in [0.29, 0.717) is 43.2 Å². The van der Waals surface area contributed by atoms with Crippen molar-refractivity contribution in [1.82, 2.24) is 25.2 Å². The second kappa shape index (κ2) is 14.3. The first kappa shape index (κ1) is 38.1. The van der Waals surface area contributed by atoms with E-state index in [1.165, 1.54) is 37.4 Å². The molecule has 6 rings (SSSR count). The number of fused-ring (bicyclic) bond motifs is 3. The lowest BCUT2D eigenvalue weighted by Gasteiger charge is -2.32. The Labute approximate surface area is 307 Å². The van der Waals surface area contributed by atoms with Crippen molar-refractivity contribution >= 4 is 44.6 Å². The third-order valence-electron chi connectivity index (χ3n) is 11.1. The van der Waals surface area contributed by atoms with E-state index in [1.54, 1.807) is 13.8 Å². The molecule has 4 aliphatic rings. The molecule has 1 aromatic heterocycles. The van der Waals surface area contributed by atoms with Crippen LogP contribution in [0.15, 0.2) is 30.5 Å². The van der Waals surface area contributed by atoms with Crippen molar-refractivity contribution < 1.29 is 51.3 Å². The number of carbonyl (C=O) groups excluding carboxylic acids is 3. The number of carbonyl (C=O) groups is 4. The molecule has 0 radical (unpaired) electrons. The maximum Gasteiger partial charge on any atom is 0.405 e. The number of benzene rings is 1. The average molecular weight is 760 g/mol. The first-order chi connectivity index (χ1) is 25.0. The molecule has 0 spiro atoms. The van der Waals surface area contributed by atoms with E-state index in [4.69, 9.17) is 14.2 Å². The monoisotopic (exact) mass is 759 g/mol. The van der Waals surface area contributed by atoms with Gasteiger partial charge in [0, 0.05) is 17.7 Å². The van der Waals surface area contributed by atoms with E-state index < -0.39 is 80.0 Å². The number of amides is 4. The Bertz CT molecular complexity index is 1960. The Morgan fingerprint density at radius 1 is 1.09 bits per heavy atom. The number of halogens is 1. The normalized spacial score (nSPS) is 29.8. The molecule has 17 heteroatoms. The maximum absolute atomic E-state index is 14.9. The minimum atomic E-state index is -4.04. The van der Waals surface area contributed by atoms with Crippen LogP contribution in [0.3, 0.4) is 0 Å². The first-order valence-corrected chi connectivity index (χ1v) is 19.2. The number of ether oxygens (including phenoxy) is 3. The smallest absolute Gasteiger partial charge is 0.405 e. The zero-order chi connectivity index (χ0) is 38.5. The van der Waals surface area contributed by atoms with Gasteiger partial charge in [-0.15, -0.1) is 0 Å². The fourth-order valence-corrected chi connectivity index (χ4v) is 8.80. The first-order valence-electron chi connectivity index (χ1n) is 17.7. The fraction of sp³-hybridized carbons (Fsp3) is 0.583. The summed E-state index contributed by atoms with van der Waals surface area (Å²) in [5, 5.41) is 15.6. The Morgan fingerprint density at radius 2 is 1.81 bits per heavy atom. The topological polar surface area (TPSA) is 203 Å². The molecule has 2 aliphatic heterocycles. The van der Waals surface area contributed by atoms with Crippen molar-refractivity contribution in [2.24, 2.45) is 17.8 Å². The summed E-state index contributed by atoms with van der Waals surface area (Å²) >= 11 is 0. The molecule has 2 saturated carbocycles. The van der Waals surface area contributed by atoms with Crippen LogP contribution in [0.2, 0.25) is 0 Å². The summed E-state index contributed by atoms with van der Waals surface area (Å²) in [6, 6.07) is 0.142. The van der Waals surface area contributed by atoms with Gasteiger partial charge >= 0.3 is 6.09 Å². The molecule has 7 atom stereocenters. The van der Waals surface area contributed by atoms with Crippen LogP contribution in [-0.4, -0.2) is 96.5 Å². The van der Waals surface area contributed by atoms with Gasteiger partial charge in [-0.25, -0.2) is 22.6 Å². The van der Waals surface area contributed by atoms with Crippen molar-refractivity contribution in [3.8, 4) is 17.4 Å². The lowest BCUT2D eigenvalue weighted by atomic mass is 9.88. The van der Waals surface area contributed by atoms with E-state index in [0.717, 1.165) is 0 Å². The summed E-state index contributed by atoms with van der Waals surface area (Å²) in [4.78, 5) is 60.1. The Balaban J connectivity index is 1.36. The third kappa shape index (κ3) is 7.44. The van der Waals surface area contributed by atoms with Gasteiger partial charge in [-0.1, -0.05) is 26.0 Å². The van der Waals surface area contributed by atoms with Crippen LogP contribution in [0.5, 0.6) is 17.4 Å². The number of allylic oxidation sites excluding steroid dienone is 1. The van der Waals surface area contributed by atoms with Gasteiger partial charge in [0.2, 0.25) is 27.7 Å². The molecule has 0 unspecified atom stereocenters. The van der Waals surface area contributed by atoms with Crippen molar-refractivity contribution in [3.05, 3.63) is 36.3 Å². The number of aromatic nitrogens is 1. The summed E-state index contributed by atoms with van der Waals surface area (Å²) in [6.07, 6.45) is 5.46. The lowest BCUT2D eigenvalue weighted by Crippen LogP contribution is -2.59. The fourth-order valence-electron chi connectivity index (χ4n) is 7.49. The van der Waals surface area contributed by atoms with E-state index in [-0.39, 0.29) is 42.3 Å². The number of nitrogens with zero attached hydrogens (tertiary/aromatic N) is 2. The largest absolute Gasteiger partial charge is 0.494 e. The number of hydrogen-bond acceptors (Lipinski definition) is 10. The Hall–Kier alpha value is -4.67. The average Bonchev–Trinajstić information content (AvgIpc) is 3.98. The molecule has 2 aliphatic carbocycles. The van der Waals surface area contributed by atoms with Crippen molar-refractivity contribution in [1.29, 1.82) is 0 Å². The number of hydrogen-bond donors (Lipinski definition) is 4. The van der Waals surface area contributed by atoms with Gasteiger partial charge in [0.05, 0.1) is 37.1 Å². The zero-order valence-electron chi connectivity index (χ0n) is 30.3. The predicted octanol–water partition coefficient (Wildman–Crippen LogP) is 3.26. The van der Waals surface area contributed by atoms with Crippen molar-refractivity contribution in [2.45, 2.75) is 94.2 Å². The van der Waals surface area contributed by atoms with Crippen LogP contribution >= 0.6 is 0 Å². The summed E-state index contributed by atoms with van der Waals surface area (Å²) in [5.41, 5.74) is -1.60. The number of carboxylic acid groups (broad SMARTS) is 1. The third-order valence-corrected chi connectivity index (χ3v) is 13.3. The van der Waals surface area contributed by atoms with E-state index in [2.05, 4.69) is 20.3 Å². The standard InChI is InChI=1S/C36H46FN5O10S/c1-19-8-6-7-9-21-16-36(21,33(45)41-53(48,49)35(3)10-11-35)40-30(43)26-13-22(18-42(26)32(44)29(20(2)12-19)39-34(46)47)52-31-24-14-25(37)27(50-4)15-23(24)28(51-5)17-38-31/h7,9,14-15,17,19-22,26,29,39H,6,8,10-13,16,18H2,1-5H3,(H,40,43)(H,41,45)(H,46,47)/t19-,20-,21-,22-,26+,29+,36-/m1/s1. The van der Waals surface area contributed by atoms with Crippen LogP contribution in [0, 0.1) is 23.6 Å². The van der Waals surface area contributed by atoms with E-state index >= 15 is 0 Å².